The number of nitrogens with zero attached hydrogens (tertiary/aromatic N) is 3. The summed E-state index contributed by atoms with van der Waals surface area (Å²) in [4.78, 5) is 55.7. The zero-order chi connectivity index (χ0) is 53.7. The maximum atomic E-state index is 15.3. The van der Waals surface area contributed by atoms with Crippen LogP contribution in [0.25, 0.3) is 0 Å². The Labute approximate surface area is 448 Å². The van der Waals surface area contributed by atoms with Gasteiger partial charge in [-0.05, 0) is 172 Å². The molecular formula is C63H65F2N7O5. The van der Waals surface area contributed by atoms with E-state index in [1.54, 1.807) is 26.0 Å². The van der Waals surface area contributed by atoms with Crippen LogP contribution in [0.15, 0.2) is 138 Å². The van der Waals surface area contributed by atoms with E-state index in [4.69, 9.17) is 4.52 Å². The molecule has 2 fully saturated rings. The average Bonchev–Trinajstić information content (AvgIpc) is 3.60. The lowest BCUT2D eigenvalue weighted by Gasteiger charge is -2.38. The molecule has 4 amide bonds. The number of para-hydroxylation sites is 2. The minimum Gasteiger partial charge on any atom is -0.361 e. The molecule has 396 valence electrons. The van der Waals surface area contributed by atoms with Crippen LogP contribution in [-0.4, -0.2) is 64.8 Å². The van der Waals surface area contributed by atoms with Crippen molar-refractivity contribution in [2.45, 2.75) is 96.6 Å². The second-order valence-electron chi connectivity index (χ2n) is 20.7. The van der Waals surface area contributed by atoms with E-state index in [2.05, 4.69) is 48.4 Å². The summed E-state index contributed by atoms with van der Waals surface area (Å²) >= 11 is 0. The third-order valence-corrected chi connectivity index (χ3v) is 16.1. The maximum Gasteiger partial charge on any atom is 0.256 e. The summed E-state index contributed by atoms with van der Waals surface area (Å²) in [5, 5.41) is 15.7. The van der Waals surface area contributed by atoms with Crippen LogP contribution in [0.4, 0.5) is 31.5 Å². The number of carbonyl (C=O) groups excluding carboxylic acids is 4. The van der Waals surface area contributed by atoms with Crippen LogP contribution < -0.4 is 21.3 Å². The first-order valence-corrected chi connectivity index (χ1v) is 27.0. The predicted molar refractivity (Wildman–Crippen MR) is 296 cm³/mol. The zero-order valence-electron chi connectivity index (χ0n) is 44.0. The Morgan fingerprint density at radius 1 is 0.597 bits per heavy atom. The second kappa shape index (κ2) is 23.2. The molecular weight excluding hydrogens is 973 g/mol. The van der Waals surface area contributed by atoms with E-state index in [0.29, 0.717) is 45.1 Å². The van der Waals surface area contributed by atoms with Gasteiger partial charge < -0.3 is 25.8 Å². The molecule has 0 bridgehead atoms. The van der Waals surface area contributed by atoms with Crippen molar-refractivity contribution in [3.63, 3.8) is 0 Å². The highest BCUT2D eigenvalue weighted by molar-refractivity contribution is 6.08. The van der Waals surface area contributed by atoms with Crippen molar-refractivity contribution >= 4 is 46.4 Å². The van der Waals surface area contributed by atoms with Crippen molar-refractivity contribution in [3.8, 4) is 0 Å². The normalized spacial score (nSPS) is 17.8. The summed E-state index contributed by atoms with van der Waals surface area (Å²) in [6, 6.07) is 41.5. The SMILES string of the molecule is CCC(CC)C(=O)Nc1ccc(C2CCN(C3c4ccccc4NC(=O)c4ccccc43)CC2)c(F)c1.Cc1noc(C)c1CC(=O)Nc1ccc(C2CCN(C3c4ccccc4NC(=O)c4ccccc43)CC2)c(F)c1. The van der Waals surface area contributed by atoms with Crippen LogP contribution in [0.5, 0.6) is 0 Å². The van der Waals surface area contributed by atoms with E-state index in [1.807, 2.05) is 111 Å². The molecule has 0 aliphatic carbocycles. The van der Waals surface area contributed by atoms with Gasteiger partial charge in [0.25, 0.3) is 11.8 Å². The molecule has 2 atom stereocenters. The summed E-state index contributed by atoms with van der Waals surface area (Å²) in [6.07, 6.45) is 4.87. The Bertz CT molecular complexity index is 3300. The van der Waals surface area contributed by atoms with E-state index in [1.165, 1.54) is 12.1 Å². The van der Waals surface area contributed by atoms with Crippen LogP contribution in [0, 0.1) is 31.4 Å². The number of rotatable bonds is 11. The van der Waals surface area contributed by atoms with Crippen molar-refractivity contribution in [2.75, 3.05) is 47.4 Å². The quantitative estimate of drug-likeness (QED) is 0.100. The lowest BCUT2D eigenvalue weighted by atomic mass is 9.86. The van der Waals surface area contributed by atoms with Gasteiger partial charge in [0.1, 0.15) is 17.4 Å². The van der Waals surface area contributed by atoms with Crippen molar-refractivity contribution in [1.82, 2.24) is 15.0 Å². The Morgan fingerprint density at radius 2 is 1.03 bits per heavy atom. The number of aryl methyl sites for hydroxylation is 2. The number of halogens is 2. The standard InChI is InChI=1S/C32H31FN4O3.C31H34FN3O2/c1-19-27(20(2)40-36-19)18-30(38)34-22-11-12-23(28(33)17-22)21-13-15-37(16-14-21)31-24-7-3-4-8-25(24)32(39)35-29-10-6-5-9-26(29)31;1-3-20(4-2)30(36)33-22-13-14-23(27(32)19-22)21-15-17-35(18-16-21)29-24-9-5-6-10-25(24)31(37)34-28-12-8-7-11-26(28)29/h3-12,17,21,31H,13-16,18H2,1-2H3,(H,34,38)(H,35,39);5-14,19-21,29H,3-4,15-18H2,1-2H3,(H,33,36)(H,34,37). The Morgan fingerprint density at radius 3 is 1.45 bits per heavy atom. The van der Waals surface area contributed by atoms with Crippen molar-refractivity contribution in [2.24, 2.45) is 5.92 Å². The molecule has 1 aromatic heterocycles. The van der Waals surface area contributed by atoms with Gasteiger partial charge in [0.15, 0.2) is 0 Å². The highest BCUT2D eigenvalue weighted by atomic mass is 19.1. The Hall–Kier alpha value is -7.81. The monoisotopic (exact) mass is 1040 g/mol. The number of nitrogens with one attached hydrogen (secondary N) is 4. The highest BCUT2D eigenvalue weighted by Crippen LogP contribution is 2.44. The van der Waals surface area contributed by atoms with Gasteiger partial charge in [0.2, 0.25) is 11.8 Å². The maximum absolute atomic E-state index is 15.3. The molecule has 0 radical (unpaired) electrons. The smallest absolute Gasteiger partial charge is 0.256 e. The van der Waals surface area contributed by atoms with E-state index < -0.39 is 0 Å². The number of fused-ring (bicyclic) bond motifs is 4. The number of hydrogen-bond acceptors (Lipinski definition) is 8. The number of amides is 4. The van der Waals surface area contributed by atoms with Gasteiger partial charge in [0.05, 0.1) is 24.2 Å². The number of aromatic nitrogens is 1. The fraction of sp³-hybridized carbons (Fsp3) is 0.317. The van der Waals surface area contributed by atoms with Crippen LogP contribution >= 0.6 is 0 Å². The average molecular weight is 1040 g/mol. The molecule has 2 unspecified atom stereocenters. The molecule has 4 aliphatic rings. The Balaban J connectivity index is 0.000000175. The topological polar surface area (TPSA) is 149 Å². The minimum atomic E-state index is -0.312. The van der Waals surface area contributed by atoms with Gasteiger partial charge in [-0.1, -0.05) is 104 Å². The number of likely N-dealkylation sites (tertiary alicyclic amines) is 2. The Kier molecular flexibility index (Phi) is 15.9. The van der Waals surface area contributed by atoms with E-state index in [-0.39, 0.29) is 71.5 Å². The fourth-order valence-electron chi connectivity index (χ4n) is 11.9. The first kappa shape index (κ1) is 52.6. The lowest BCUT2D eigenvalue weighted by Crippen LogP contribution is -2.37. The highest BCUT2D eigenvalue weighted by Gasteiger charge is 2.36. The first-order valence-electron chi connectivity index (χ1n) is 27.0. The van der Waals surface area contributed by atoms with E-state index in [9.17, 15) is 19.2 Å². The molecule has 12 nitrogen and oxygen atoms in total. The van der Waals surface area contributed by atoms with Crippen LogP contribution in [0.1, 0.15) is 147 Å². The molecule has 14 heteroatoms. The van der Waals surface area contributed by atoms with Crippen molar-refractivity contribution in [3.05, 3.63) is 207 Å². The van der Waals surface area contributed by atoms with Crippen molar-refractivity contribution < 1.29 is 32.5 Å². The molecule has 0 saturated carbocycles. The predicted octanol–water partition coefficient (Wildman–Crippen LogP) is 12.9. The first-order chi connectivity index (χ1) is 37.4. The summed E-state index contributed by atoms with van der Waals surface area (Å²) in [6.45, 7) is 10.7. The van der Waals surface area contributed by atoms with E-state index in [0.717, 1.165) is 104 Å². The molecule has 2 saturated heterocycles. The summed E-state index contributed by atoms with van der Waals surface area (Å²) in [5.74, 6) is -0.324. The molecule has 0 spiro atoms. The molecule has 6 aromatic carbocycles. The van der Waals surface area contributed by atoms with Gasteiger partial charge in [-0.25, -0.2) is 8.78 Å². The van der Waals surface area contributed by atoms with Crippen LogP contribution in [0.3, 0.4) is 0 Å². The third kappa shape index (κ3) is 11.2. The van der Waals surface area contributed by atoms with Crippen LogP contribution in [-0.2, 0) is 16.0 Å². The third-order valence-electron chi connectivity index (χ3n) is 16.1. The fourth-order valence-corrected chi connectivity index (χ4v) is 11.9. The van der Waals surface area contributed by atoms with Crippen molar-refractivity contribution in [1.29, 1.82) is 0 Å². The number of carbonyl (C=O) groups is 4. The van der Waals surface area contributed by atoms with Gasteiger partial charge in [0, 0.05) is 45.4 Å². The van der Waals surface area contributed by atoms with E-state index >= 15 is 8.78 Å². The minimum absolute atomic E-state index is 0.0418. The molecule has 11 rings (SSSR count). The van der Waals surface area contributed by atoms with Crippen LogP contribution in [0.2, 0.25) is 0 Å². The largest absolute Gasteiger partial charge is 0.361 e. The number of hydrogen-bond donors (Lipinski definition) is 4. The number of piperidine rings is 2. The summed E-state index contributed by atoms with van der Waals surface area (Å²) < 4.78 is 35.6. The summed E-state index contributed by atoms with van der Waals surface area (Å²) in [5.41, 5.74) is 11.0. The van der Waals surface area contributed by atoms with Gasteiger partial charge >= 0.3 is 0 Å². The second-order valence-corrected chi connectivity index (χ2v) is 20.7. The summed E-state index contributed by atoms with van der Waals surface area (Å²) in [7, 11) is 0. The van der Waals surface area contributed by atoms with Gasteiger partial charge in [-0.15, -0.1) is 0 Å². The molecule has 4 N–H and O–H groups in total. The molecule has 5 heterocycles. The molecule has 77 heavy (non-hydrogen) atoms. The number of benzene rings is 6. The van der Waals surface area contributed by atoms with Gasteiger partial charge in [-0.2, -0.15) is 0 Å². The zero-order valence-corrected chi connectivity index (χ0v) is 44.0. The van der Waals surface area contributed by atoms with Gasteiger partial charge in [-0.3, -0.25) is 29.0 Å². The number of anilines is 4. The molecule has 7 aromatic rings. The molecule has 4 aliphatic heterocycles. The lowest BCUT2D eigenvalue weighted by molar-refractivity contribution is -0.120.